The summed E-state index contributed by atoms with van der Waals surface area (Å²) in [6.45, 7) is 2.01. The Hall–Kier alpha value is -3.21. The zero-order valence-electron chi connectivity index (χ0n) is 13.1. The highest BCUT2D eigenvalue weighted by molar-refractivity contribution is 6.04. The summed E-state index contributed by atoms with van der Waals surface area (Å²) in [5.74, 6) is -0.652. The van der Waals surface area contributed by atoms with Gasteiger partial charge in [0.2, 0.25) is 0 Å². The number of aryl methyl sites for hydroxylation is 1. The van der Waals surface area contributed by atoms with Gasteiger partial charge in [-0.15, -0.1) is 0 Å². The van der Waals surface area contributed by atoms with Gasteiger partial charge < -0.3 is 10.6 Å². The maximum Gasteiger partial charge on any atom is 0.257 e. The highest BCUT2D eigenvalue weighted by atomic mass is 19.1. The minimum absolute atomic E-state index is 0.304. The van der Waals surface area contributed by atoms with Crippen LogP contribution in [-0.2, 0) is 0 Å². The number of hydrogen-bond donors (Lipinski definition) is 2. The average molecular weight is 321 g/mol. The minimum atomic E-state index is -0.348. The predicted molar refractivity (Wildman–Crippen MR) is 93.1 cm³/mol. The molecule has 0 aliphatic rings. The van der Waals surface area contributed by atoms with E-state index in [4.69, 9.17) is 0 Å². The average Bonchev–Trinajstić information content (AvgIpc) is 2.57. The van der Waals surface area contributed by atoms with E-state index in [1.807, 2.05) is 31.2 Å². The molecule has 4 nitrogen and oxygen atoms in total. The van der Waals surface area contributed by atoms with Gasteiger partial charge in [0.1, 0.15) is 5.82 Å². The third-order valence-corrected chi connectivity index (χ3v) is 3.41. The normalized spacial score (nSPS) is 10.2. The molecule has 0 aliphatic heterocycles. The summed E-state index contributed by atoms with van der Waals surface area (Å²) in [6, 6.07) is 15.2. The van der Waals surface area contributed by atoms with Crippen molar-refractivity contribution in [3.63, 3.8) is 0 Å². The molecule has 2 aromatic carbocycles. The van der Waals surface area contributed by atoms with Crippen LogP contribution >= 0.6 is 0 Å². The van der Waals surface area contributed by atoms with Gasteiger partial charge in [-0.2, -0.15) is 0 Å². The van der Waals surface area contributed by atoms with Crippen LogP contribution in [0.15, 0.2) is 67.0 Å². The van der Waals surface area contributed by atoms with Crippen molar-refractivity contribution < 1.29 is 9.18 Å². The Kier molecular flexibility index (Phi) is 4.52. The van der Waals surface area contributed by atoms with E-state index in [9.17, 15) is 9.18 Å². The fourth-order valence-electron chi connectivity index (χ4n) is 2.26. The Morgan fingerprint density at radius 3 is 2.50 bits per heavy atom. The molecular weight excluding hydrogens is 305 g/mol. The molecule has 3 aromatic rings. The summed E-state index contributed by atoms with van der Waals surface area (Å²) in [6.07, 6.45) is 3.14. The van der Waals surface area contributed by atoms with Crippen molar-refractivity contribution >= 4 is 23.0 Å². The van der Waals surface area contributed by atoms with Gasteiger partial charge in [0, 0.05) is 17.6 Å². The van der Waals surface area contributed by atoms with E-state index in [2.05, 4.69) is 15.6 Å². The van der Waals surface area contributed by atoms with E-state index in [-0.39, 0.29) is 11.7 Å². The number of nitrogens with one attached hydrogen (secondary N) is 2. The summed E-state index contributed by atoms with van der Waals surface area (Å²) in [7, 11) is 0. The second-order valence-corrected chi connectivity index (χ2v) is 5.42. The van der Waals surface area contributed by atoms with Crippen molar-refractivity contribution in [3.8, 4) is 0 Å². The lowest BCUT2D eigenvalue weighted by atomic mass is 10.2. The fourth-order valence-corrected chi connectivity index (χ4v) is 2.26. The molecular formula is C19H16FN3O. The maximum atomic E-state index is 12.9. The highest BCUT2D eigenvalue weighted by Crippen LogP contribution is 2.18. The van der Waals surface area contributed by atoms with Crippen LogP contribution in [0.1, 0.15) is 15.9 Å². The largest absolute Gasteiger partial charge is 0.354 e. The van der Waals surface area contributed by atoms with Gasteiger partial charge in [-0.25, -0.2) is 4.39 Å². The molecule has 0 unspecified atom stereocenters. The Balaban J connectivity index is 1.74. The molecule has 1 amide bonds. The van der Waals surface area contributed by atoms with Crippen molar-refractivity contribution in [1.29, 1.82) is 0 Å². The van der Waals surface area contributed by atoms with Gasteiger partial charge in [0.25, 0.3) is 5.91 Å². The lowest BCUT2D eigenvalue weighted by molar-refractivity contribution is 0.102. The molecule has 0 aliphatic carbocycles. The number of nitrogens with zero attached hydrogens (tertiary/aromatic N) is 1. The van der Waals surface area contributed by atoms with Gasteiger partial charge in [-0.05, 0) is 55.0 Å². The molecule has 0 fully saturated rings. The smallest absolute Gasteiger partial charge is 0.257 e. The first-order chi connectivity index (χ1) is 11.6. The second kappa shape index (κ2) is 6.91. The van der Waals surface area contributed by atoms with Crippen molar-refractivity contribution in [2.75, 3.05) is 10.6 Å². The highest BCUT2D eigenvalue weighted by Gasteiger charge is 2.08. The number of aromatic nitrogens is 1. The molecule has 0 atom stereocenters. The van der Waals surface area contributed by atoms with E-state index in [0.29, 0.717) is 16.9 Å². The standard InChI is InChI=1S/C19H16FN3O/c1-13-3-2-4-17(9-13)22-18-10-14(11-21-12-18)19(24)23-16-7-5-15(20)6-8-16/h2-12,22H,1H3,(H,23,24). The lowest BCUT2D eigenvalue weighted by Gasteiger charge is -2.09. The zero-order valence-corrected chi connectivity index (χ0v) is 13.1. The first kappa shape index (κ1) is 15.7. The third-order valence-electron chi connectivity index (χ3n) is 3.41. The van der Waals surface area contributed by atoms with Crippen LogP contribution in [0.5, 0.6) is 0 Å². The number of amides is 1. The molecule has 3 rings (SSSR count). The number of hydrogen-bond acceptors (Lipinski definition) is 3. The quantitative estimate of drug-likeness (QED) is 0.742. The molecule has 24 heavy (non-hydrogen) atoms. The number of carbonyl (C=O) groups is 1. The van der Waals surface area contributed by atoms with Gasteiger partial charge in [-0.3, -0.25) is 9.78 Å². The second-order valence-electron chi connectivity index (χ2n) is 5.42. The molecule has 1 aromatic heterocycles. The van der Waals surface area contributed by atoms with E-state index < -0.39 is 0 Å². The summed E-state index contributed by atoms with van der Waals surface area (Å²) in [5, 5.41) is 5.93. The van der Waals surface area contributed by atoms with Gasteiger partial charge >= 0.3 is 0 Å². The fraction of sp³-hybridized carbons (Fsp3) is 0.0526. The first-order valence-electron chi connectivity index (χ1n) is 7.46. The van der Waals surface area contributed by atoms with Crippen molar-refractivity contribution in [1.82, 2.24) is 4.98 Å². The first-order valence-corrected chi connectivity index (χ1v) is 7.46. The topological polar surface area (TPSA) is 54.0 Å². The van der Waals surface area contributed by atoms with Crippen molar-refractivity contribution in [2.45, 2.75) is 6.92 Å². The molecule has 2 N–H and O–H groups in total. The van der Waals surface area contributed by atoms with Crippen LogP contribution in [-0.4, -0.2) is 10.9 Å². The molecule has 120 valence electrons. The van der Waals surface area contributed by atoms with E-state index in [1.165, 1.54) is 30.5 Å². The van der Waals surface area contributed by atoms with Crippen LogP contribution in [0.4, 0.5) is 21.5 Å². The maximum absolute atomic E-state index is 12.9. The summed E-state index contributed by atoms with van der Waals surface area (Å²) < 4.78 is 12.9. The molecule has 0 bridgehead atoms. The SMILES string of the molecule is Cc1cccc(Nc2cncc(C(=O)Nc3ccc(F)cc3)c2)c1. The molecule has 0 saturated heterocycles. The molecule has 1 heterocycles. The molecule has 5 heteroatoms. The number of pyridine rings is 1. The van der Waals surface area contributed by atoms with E-state index in [1.54, 1.807) is 12.3 Å². The summed E-state index contributed by atoms with van der Waals surface area (Å²) in [4.78, 5) is 16.4. The van der Waals surface area contributed by atoms with Crippen LogP contribution in [0.3, 0.4) is 0 Å². The van der Waals surface area contributed by atoms with Crippen LogP contribution in [0.2, 0.25) is 0 Å². The molecule has 0 saturated carbocycles. The Morgan fingerprint density at radius 1 is 0.958 bits per heavy atom. The van der Waals surface area contributed by atoms with Crippen LogP contribution in [0, 0.1) is 12.7 Å². The lowest BCUT2D eigenvalue weighted by Crippen LogP contribution is -2.12. The zero-order chi connectivity index (χ0) is 16.9. The van der Waals surface area contributed by atoms with Gasteiger partial charge in [0.05, 0.1) is 17.4 Å². The van der Waals surface area contributed by atoms with E-state index in [0.717, 1.165) is 11.3 Å². The van der Waals surface area contributed by atoms with Gasteiger partial charge in [-0.1, -0.05) is 12.1 Å². The van der Waals surface area contributed by atoms with Crippen molar-refractivity contribution in [3.05, 3.63) is 83.9 Å². The van der Waals surface area contributed by atoms with E-state index >= 15 is 0 Å². The predicted octanol–water partition coefficient (Wildman–Crippen LogP) is 4.53. The number of carbonyl (C=O) groups excluding carboxylic acids is 1. The Morgan fingerprint density at radius 2 is 1.75 bits per heavy atom. The number of rotatable bonds is 4. The minimum Gasteiger partial charge on any atom is -0.354 e. The monoisotopic (exact) mass is 321 g/mol. The molecule has 0 radical (unpaired) electrons. The number of benzene rings is 2. The molecule has 0 spiro atoms. The summed E-state index contributed by atoms with van der Waals surface area (Å²) >= 11 is 0. The van der Waals surface area contributed by atoms with Gasteiger partial charge in [0.15, 0.2) is 0 Å². The van der Waals surface area contributed by atoms with Crippen LogP contribution < -0.4 is 10.6 Å². The van der Waals surface area contributed by atoms with Crippen LogP contribution in [0.25, 0.3) is 0 Å². The number of anilines is 3. The number of halogens is 1. The van der Waals surface area contributed by atoms with Crippen molar-refractivity contribution in [2.24, 2.45) is 0 Å². The Bertz CT molecular complexity index is 862. The summed E-state index contributed by atoms with van der Waals surface area (Å²) in [5.41, 5.74) is 3.72. The Labute approximate surface area is 139 Å². The third kappa shape index (κ3) is 3.95.